The highest BCUT2D eigenvalue weighted by molar-refractivity contribution is 6.09. The second-order valence-electron chi connectivity index (χ2n) is 11.7. The highest BCUT2D eigenvalue weighted by Gasteiger charge is 2.21. The summed E-state index contributed by atoms with van der Waals surface area (Å²) in [6, 6.07) is 52.0. The normalized spacial score (nSPS) is 11.8. The van der Waals surface area contributed by atoms with Gasteiger partial charge in [-0.2, -0.15) is 0 Å². The number of fused-ring (bicyclic) bond motifs is 8. The predicted octanol–water partition coefficient (Wildman–Crippen LogP) is 10.1. The third-order valence-corrected chi connectivity index (χ3v) is 8.97. The fourth-order valence-electron chi connectivity index (χ4n) is 6.81. The van der Waals surface area contributed by atoms with Crippen LogP contribution < -0.4 is 0 Å². The van der Waals surface area contributed by atoms with E-state index < -0.39 is 0 Å². The second-order valence-corrected chi connectivity index (χ2v) is 11.7. The summed E-state index contributed by atoms with van der Waals surface area (Å²) < 4.78 is 10.8. The van der Waals surface area contributed by atoms with Crippen molar-refractivity contribution in [3.8, 4) is 39.6 Å². The molecule has 47 heavy (non-hydrogen) atoms. The molecule has 6 heteroatoms. The minimum Gasteiger partial charge on any atom is -0.455 e. The number of imidazole rings is 2. The third-order valence-electron chi connectivity index (χ3n) is 8.97. The van der Waals surface area contributed by atoms with Crippen LogP contribution in [0.3, 0.4) is 0 Å². The highest BCUT2D eigenvalue weighted by atomic mass is 16.3. The van der Waals surface area contributed by atoms with Crippen LogP contribution in [0.25, 0.3) is 89.4 Å². The molecule has 4 aromatic heterocycles. The molecule has 0 bridgehead atoms. The maximum absolute atomic E-state index is 6.49. The quantitative estimate of drug-likeness (QED) is 0.201. The van der Waals surface area contributed by atoms with Gasteiger partial charge in [-0.1, -0.05) is 103 Å². The summed E-state index contributed by atoms with van der Waals surface area (Å²) in [7, 11) is 0. The van der Waals surface area contributed by atoms with Crippen molar-refractivity contribution in [1.82, 2.24) is 23.9 Å². The van der Waals surface area contributed by atoms with Crippen LogP contribution >= 0.6 is 0 Å². The molecule has 220 valence electrons. The van der Waals surface area contributed by atoms with Gasteiger partial charge in [0.15, 0.2) is 0 Å². The number of furan rings is 1. The van der Waals surface area contributed by atoms with Crippen LogP contribution in [0.2, 0.25) is 0 Å². The molecule has 10 aromatic rings. The van der Waals surface area contributed by atoms with Gasteiger partial charge in [0.1, 0.15) is 11.2 Å². The summed E-state index contributed by atoms with van der Waals surface area (Å²) in [6.45, 7) is 0. The van der Waals surface area contributed by atoms with Crippen LogP contribution in [0.1, 0.15) is 0 Å². The van der Waals surface area contributed by atoms with Crippen LogP contribution in [-0.4, -0.2) is 23.9 Å². The number of nitrogens with zero attached hydrogens (tertiary/aromatic N) is 5. The summed E-state index contributed by atoms with van der Waals surface area (Å²) >= 11 is 0. The van der Waals surface area contributed by atoms with Gasteiger partial charge in [-0.25, -0.2) is 19.5 Å². The number of hydrogen-bond acceptors (Lipinski definition) is 4. The SMILES string of the molecule is c1ccc(-c2cccc(-c3cc(-c4cccc5c4oc4ccccc45)nc(-n4c5ccccc5n5c6ccccc6nc45)n3)c2)cc1. The van der Waals surface area contributed by atoms with E-state index >= 15 is 0 Å². The van der Waals surface area contributed by atoms with Gasteiger partial charge in [0, 0.05) is 21.9 Å². The first kappa shape index (κ1) is 25.8. The van der Waals surface area contributed by atoms with Crippen molar-refractivity contribution in [3.63, 3.8) is 0 Å². The van der Waals surface area contributed by atoms with Crippen molar-refractivity contribution < 1.29 is 4.42 Å². The first-order valence-corrected chi connectivity index (χ1v) is 15.6. The highest BCUT2D eigenvalue weighted by Crippen LogP contribution is 2.37. The van der Waals surface area contributed by atoms with Crippen molar-refractivity contribution in [2.24, 2.45) is 0 Å². The Morgan fingerprint density at radius 1 is 0.468 bits per heavy atom. The number of aromatic nitrogens is 5. The maximum Gasteiger partial charge on any atom is 0.238 e. The Kier molecular flexibility index (Phi) is 5.48. The molecule has 0 aliphatic heterocycles. The van der Waals surface area contributed by atoms with Crippen LogP contribution in [-0.2, 0) is 0 Å². The van der Waals surface area contributed by atoms with Crippen LogP contribution in [0.5, 0.6) is 0 Å². The molecule has 0 spiro atoms. The molecule has 0 radical (unpaired) electrons. The molecule has 6 nitrogen and oxygen atoms in total. The van der Waals surface area contributed by atoms with E-state index in [1.807, 2.05) is 48.5 Å². The zero-order chi connectivity index (χ0) is 30.9. The van der Waals surface area contributed by atoms with Gasteiger partial charge in [0.2, 0.25) is 11.7 Å². The van der Waals surface area contributed by atoms with Gasteiger partial charge < -0.3 is 4.42 Å². The number of hydrogen-bond donors (Lipinski definition) is 0. The smallest absolute Gasteiger partial charge is 0.238 e. The molecule has 10 rings (SSSR count). The van der Waals surface area contributed by atoms with E-state index in [4.69, 9.17) is 19.4 Å². The van der Waals surface area contributed by atoms with Gasteiger partial charge in [-0.3, -0.25) is 4.40 Å². The second kappa shape index (κ2) is 9.99. The summed E-state index contributed by atoms with van der Waals surface area (Å²) in [5.74, 6) is 1.30. The molecule has 0 saturated heterocycles. The van der Waals surface area contributed by atoms with Crippen molar-refractivity contribution >= 4 is 49.8 Å². The Hall–Kier alpha value is -6.53. The van der Waals surface area contributed by atoms with Crippen molar-refractivity contribution in [2.45, 2.75) is 0 Å². The van der Waals surface area contributed by atoms with E-state index in [0.717, 1.165) is 83.4 Å². The summed E-state index contributed by atoms with van der Waals surface area (Å²) in [6.07, 6.45) is 0. The van der Waals surface area contributed by atoms with E-state index in [-0.39, 0.29) is 0 Å². The van der Waals surface area contributed by atoms with Gasteiger partial charge in [-0.05, 0) is 59.7 Å². The lowest BCUT2D eigenvalue weighted by Crippen LogP contribution is -2.04. The molecule has 0 amide bonds. The molecule has 0 unspecified atom stereocenters. The third kappa shape index (κ3) is 3.95. The zero-order valence-corrected chi connectivity index (χ0v) is 25.1. The summed E-state index contributed by atoms with van der Waals surface area (Å²) in [4.78, 5) is 15.6. The van der Waals surface area contributed by atoms with E-state index in [1.165, 1.54) is 0 Å². The monoisotopic (exact) mass is 603 g/mol. The number of para-hydroxylation sites is 6. The Morgan fingerprint density at radius 3 is 2.06 bits per heavy atom. The van der Waals surface area contributed by atoms with Gasteiger partial charge in [-0.15, -0.1) is 0 Å². The molecule has 0 saturated carbocycles. The molecule has 0 fully saturated rings. The van der Waals surface area contributed by atoms with Gasteiger partial charge in [0.25, 0.3) is 0 Å². The molecule has 6 aromatic carbocycles. The standard InChI is InChI=1S/C41H25N5O/c1-2-12-26(13-3-1)27-14-10-15-28(24-27)33-25-34(31-18-11-17-30-29-16-4-9-23-38(29)47-39(30)31)43-40(42-33)46-37-22-8-7-21-36(37)45-35-20-6-5-19-32(35)44-41(45)46/h1-25H. The topological polar surface area (TPSA) is 61.2 Å². The molecule has 0 aliphatic rings. The number of benzene rings is 6. The van der Waals surface area contributed by atoms with Gasteiger partial charge in [0.05, 0.1) is 33.5 Å². The molecular weight excluding hydrogens is 578 g/mol. The van der Waals surface area contributed by atoms with E-state index in [2.05, 4.69) is 112 Å². The average molecular weight is 604 g/mol. The molecule has 0 aliphatic carbocycles. The first-order valence-electron chi connectivity index (χ1n) is 15.6. The molecule has 4 heterocycles. The lowest BCUT2D eigenvalue weighted by atomic mass is 10.0. The molecule has 0 atom stereocenters. The fraction of sp³-hybridized carbons (Fsp3) is 0. The summed E-state index contributed by atoms with van der Waals surface area (Å²) in [5, 5.41) is 2.14. The lowest BCUT2D eigenvalue weighted by molar-refractivity contribution is 0.670. The van der Waals surface area contributed by atoms with E-state index in [9.17, 15) is 0 Å². The van der Waals surface area contributed by atoms with Crippen molar-refractivity contribution in [1.29, 1.82) is 0 Å². The summed E-state index contributed by atoms with van der Waals surface area (Å²) in [5.41, 5.74) is 11.4. The van der Waals surface area contributed by atoms with Crippen LogP contribution in [0, 0.1) is 0 Å². The predicted molar refractivity (Wildman–Crippen MR) is 189 cm³/mol. The largest absolute Gasteiger partial charge is 0.455 e. The lowest BCUT2D eigenvalue weighted by Gasteiger charge is -2.12. The minimum absolute atomic E-state index is 0.539. The average Bonchev–Trinajstić information content (AvgIpc) is 3.80. The Labute approximate surface area is 268 Å². The fourth-order valence-corrected chi connectivity index (χ4v) is 6.81. The molecular formula is C41H25N5O. The van der Waals surface area contributed by atoms with E-state index in [0.29, 0.717) is 5.95 Å². The zero-order valence-electron chi connectivity index (χ0n) is 25.1. The van der Waals surface area contributed by atoms with Crippen LogP contribution in [0.15, 0.2) is 156 Å². The number of rotatable bonds is 4. The Bertz CT molecular complexity index is 2810. The van der Waals surface area contributed by atoms with Crippen molar-refractivity contribution in [3.05, 3.63) is 152 Å². The maximum atomic E-state index is 6.49. The Balaban J connectivity index is 1.28. The van der Waals surface area contributed by atoms with Crippen molar-refractivity contribution in [2.75, 3.05) is 0 Å². The van der Waals surface area contributed by atoms with E-state index in [1.54, 1.807) is 0 Å². The van der Waals surface area contributed by atoms with Gasteiger partial charge >= 0.3 is 0 Å². The van der Waals surface area contributed by atoms with Crippen LogP contribution in [0.4, 0.5) is 0 Å². The Morgan fingerprint density at radius 2 is 1.15 bits per heavy atom. The minimum atomic E-state index is 0.539. The molecule has 0 N–H and O–H groups in total. The first-order chi connectivity index (χ1) is 23.3.